The number of carboxylic acid groups (broad SMARTS) is 1. The molecule has 0 saturated carbocycles. The summed E-state index contributed by atoms with van der Waals surface area (Å²) in [7, 11) is -3.54. The first-order chi connectivity index (χ1) is 6.96. The molecule has 0 aliphatic heterocycles. The average Bonchev–Trinajstić information content (AvgIpc) is 1.94. The molecule has 0 aromatic rings. The molecule has 0 heterocycles. The molecule has 2 N–H and O–H groups in total. The van der Waals surface area contributed by atoms with Gasteiger partial charge in [0.15, 0.2) is 0 Å². The lowest BCUT2D eigenvalue weighted by Crippen LogP contribution is -2.50. The highest BCUT2D eigenvalue weighted by atomic mass is 32.2. The number of rotatable bonds is 5. The topological polar surface area (TPSA) is 83.5 Å². The zero-order valence-electron chi connectivity index (χ0n) is 10.4. The van der Waals surface area contributed by atoms with Gasteiger partial charge in [-0.2, -0.15) is 0 Å². The van der Waals surface area contributed by atoms with Crippen LogP contribution in [0.15, 0.2) is 0 Å². The van der Waals surface area contributed by atoms with Gasteiger partial charge in [0.05, 0.1) is 5.75 Å². The molecule has 0 aromatic carbocycles. The van der Waals surface area contributed by atoms with Crippen LogP contribution < -0.4 is 4.72 Å². The van der Waals surface area contributed by atoms with Crippen molar-refractivity contribution >= 4 is 16.0 Å². The summed E-state index contributed by atoms with van der Waals surface area (Å²) in [6.45, 7) is 8.59. The minimum Gasteiger partial charge on any atom is -0.480 e. The van der Waals surface area contributed by atoms with Crippen LogP contribution in [0.5, 0.6) is 0 Å². The van der Waals surface area contributed by atoms with Gasteiger partial charge in [-0.1, -0.05) is 34.6 Å². The highest BCUT2D eigenvalue weighted by Crippen LogP contribution is 2.20. The molecule has 0 aliphatic rings. The maximum atomic E-state index is 11.6. The van der Waals surface area contributed by atoms with E-state index in [1.807, 2.05) is 0 Å². The molecule has 16 heavy (non-hydrogen) atoms. The van der Waals surface area contributed by atoms with Crippen molar-refractivity contribution in [2.75, 3.05) is 5.75 Å². The summed E-state index contributed by atoms with van der Waals surface area (Å²) in [5, 5.41) is 8.98. The smallest absolute Gasteiger partial charge is 0.322 e. The fourth-order valence-electron chi connectivity index (χ4n) is 1.26. The summed E-state index contributed by atoms with van der Waals surface area (Å²) >= 11 is 0. The summed E-state index contributed by atoms with van der Waals surface area (Å²) < 4.78 is 25.5. The zero-order valence-corrected chi connectivity index (χ0v) is 11.3. The van der Waals surface area contributed by atoms with Crippen molar-refractivity contribution in [3.8, 4) is 0 Å². The van der Waals surface area contributed by atoms with Gasteiger partial charge in [-0.3, -0.25) is 4.79 Å². The molecule has 0 radical (unpaired) electrons. The van der Waals surface area contributed by atoms with E-state index in [0.717, 1.165) is 0 Å². The lowest BCUT2D eigenvalue weighted by atomic mass is 9.88. The van der Waals surface area contributed by atoms with Gasteiger partial charge < -0.3 is 5.11 Å². The van der Waals surface area contributed by atoms with Gasteiger partial charge in [-0.05, 0) is 11.3 Å². The number of hydrogen-bond donors (Lipinski definition) is 2. The third-order valence-corrected chi connectivity index (χ3v) is 3.66. The van der Waals surface area contributed by atoms with Crippen molar-refractivity contribution in [1.29, 1.82) is 0 Å². The van der Waals surface area contributed by atoms with Crippen LogP contribution in [0.3, 0.4) is 0 Å². The Labute approximate surface area is 97.3 Å². The first-order valence-corrected chi connectivity index (χ1v) is 6.84. The summed E-state index contributed by atoms with van der Waals surface area (Å²) in [6.07, 6.45) is 0. The zero-order chi connectivity index (χ0) is 13.1. The van der Waals surface area contributed by atoms with Crippen LogP contribution in [0, 0.1) is 11.3 Å². The predicted octanol–water partition coefficient (Wildman–Crippen LogP) is 1.06. The van der Waals surface area contributed by atoms with Crippen molar-refractivity contribution in [2.24, 2.45) is 11.3 Å². The molecule has 96 valence electrons. The molecular weight excluding hydrogens is 230 g/mol. The lowest BCUT2D eigenvalue weighted by molar-refractivity contribution is -0.141. The highest BCUT2D eigenvalue weighted by molar-refractivity contribution is 7.89. The monoisotopic (exact) mass is 251 g/mol. The molecular formula is C10H21NO4S. The van der Waals surface area contributed by atoms with E-state index in [1.54, 1.807) is 34.6 Å². The Bertz CT molecular complexity index is 340. The van der Waals surface area contributed by atoms with E-state index in [2.05, 4.69) is 4.72 Å². The molecule has 0 spiro atoms. The van der Waals surface area contributed by atoms with Crippen LogP contribution in [0.4, 0.5) is 0 Å². The Morgan fingerprint density at radius 1 is 1.31 bits per heavy atom. The Morgan fingerprint density at radius 3 is 2.00 bits per heavy atom. The van der Waals surface area contributed by atoms with Crippen molar-refractivity contribution < 1.29 is 18.3 Å². The number of nitrogens with one attached hydrogen (secondary N) is 1. The van der Waals surface area contributed by atoms with Gasteiger partial charge in [0.25, 0.3) is 0 Å². The second-order valence-electron chi connectivity index (χ2n) is 5.43. The first kappa shape index (κ1) is 15.4. The van der Waals surface area contributed by atoms with Crippen LogP contribution in [-0.4, -0.2) is 31.3 Å². The van der Waals surface area contributed by atoms with E-state index in [4.69, 9.17) is 5.11 Å². The van der Waals surface area contributed by atoms with Gasteiger partial charge in [0.2, 0.25) is 10.0 Å². The molecule has 0 aliphatic carbocycles. The molecule has 1 atom stereocenters. The molecule has 0 amide bonds. The Morgan fingerprint density at radius 2 is 1.75 bits per heavy atom. The van der Waals surface area contributed by atoms with E-state index in [9.17, 15) is 13.2 Å². The van der Waals surface area contributed by atoms with Crippen molar-refractivity contribution in [1.82, 2.24) is 4.72 Å². The number of carbonyl (C=O) groups is 1. The van der Waals surface area contributed by atoms with E-state index >= 15 is 0 Å². The number of carboxylic acids is 1. The second kappa shape index (κ2) is 5.14. The minimum atomic E-state index is -3.54. The third-order valence-electron chi connectivity index (χ3n) is 1.96. The third kappa shape index (κ3) is 5.46. The second-order valence-corrected chi connectivity index (χ2v) is 7.23. The fraction of sp³-hybridized carbons (Fsp3) is 0.900. The predicted molar refractivity (Wildman–Crippen MR) is 62.6 cm³/mol. The number of sulfonamides is 1. The van der Waals surface area contributed by atoms with E-state index < -0.39 is 27.4 Å². The average molecular weight is 251 g/mol. The lowest BCUT2D eigenvalue weighted by Gasteiger charge is -2.27. The van der Waals surface area contributed by atoms with Crippen molar-refractivity contribution in [3.05, 3.63) is 0 Å². The molecule has 0 rings (SSSR count). The number of aliphatic carboxylic acids is 1. The summed E-state index contributed by atoms with van der Waals surface area (Å²) in [5.74, 6) is -1.25. The van der Waals surface area contributed by atoms with Gasteiger partial charge in [0.1, 0.15) is 6.04 Å². The van der Waals surface area contributed by atoms with Crippen molar-refractivity contribution in [2.45, 2.75) is 40.7 Å². The molecule has 0 unspecified atom stereocenters. The van der Waals surface area contributed by atoms with Crippen LogP contribution >= 0.6 is 0 Å². The Hall–Kier alpha value is -0.620. The normalized spacial score (nSPS) is 15.1. The van der Waals surface area contributed by atoms with Gasteiger partial charge >= 0.3 is 5.97 Å². The highest BCUT2D eigenvalue weighted by Gasteiger charge is 2.34. The SMILES string of the molecule is CC(C)CS(=O)(=O)N[C@@H](C(=O)O)C(C)(C)C. The van der Waals surface area contributed by atoms with Crippen LogP contribution in [0.1, 0.15) is 34.6 Å². The van der Waals surface area contributed by atoms with Gasteiger partial charge in [0, 0.05) is 0 Å². The van der Waals surface area contributed by atoms with Crippen LogP contribution in [0.2, 0.25) is 0 Å². The van der Waals surface area contributed by atoms with Gasteiger partial charge in [-0.15, -0.1) is 0 Å². The maximum Gasteiger partial charge on any atom is 0.322 e. The minimum absolute atomic E-state index is 0.0353. The summed E-state index contributed by atoms with van der Waals surface area (Å²) in [5.41, 5.74) is -0.657. The van der Waals surface area contributed by atoms with E-state index in [-0.39, 0.29) is 11.7 Å². The molecule has 0 fully saturated rings. The molecule has 0 aromatic heterocycles. The largest absolute Gasteiger partial charge is 0.480 e. The molecule has 5 nitrogen and oxygen atoms in total. The molecule has 0 saturated heterocycles. The number of hydrogen-bond acceptors (Lipinski definition) is 3. The standard InChI is InChI=1S/C10H21NO4S/c1-7(2)6-16(14,15)11-8(9(12)13)10(3,4)5/h7-8,11H,6H2,1-5H3,(H,12,13)/t8-/m0/s1. The summed E-state index contributed by atoms with van der Waals surface area (Å²) in [6, 6.07) is -1.10. The van der Waals surface area contributed by atoms with Crippen LogP contribution in [-0.2, 0) is 14.8 Å². The summed E-state index contributed by atoms with van der Waals surface area (Å²) in [4.78, 5) is 11.0. The molecule has 0 bridgehead atoms. The van der Waals surface area contributed by atoms with E-state index in [0.29, 0.717) is 0 Å². The first-order valence-electron chi connectivity index (χ1n) is 5.18. The van der Waals surface area contributed by atoms with Crippen molar-refractivity contribution in [3.63, 3.8) is 0 Å². The maximum absolute atomic E-state index is 11.6. The molecule has 6 heteroatoms. The Balaban J connectivity index is 4.85. The van der Waals surface area contributed by atoms with Gasteiger partial charge in [-0.25, -0.2) is 13.1 Å². The quantitative estimate of drug-likeness (QED) is 0.765. The fourth-order valence-corrected chi connectivity index (χ4v) is 3.05. The van der Waals surface area contributed by atoms with Crippen LogP contribution in [0.25, 0.3) is 0 Å². The van der Waals surface area contributed by atoms with E-state index in [1.165, 1.54) is 0 Å². The Kier molecular flexibility index (Phi) is 4.94.